The Hall–Kier alpha value is -0.120. The number of hydrogen-bond acceptors (Lipinski definition) is 3. The van der Waals surface area contributed by atoms with E-state index >= 15 is 0 Å². The van der Waals surface area contributed by atoms with Crippen LogP contribution in [-0.2, 0) is 0 Å². The average Bonchev–Trinajstić information content (AvgIpc) is 2.29. The van der Waals surface area contributed by atoms with Crippen LogP contribution in [0.2, 0.25) is 0 Å². The maximum Gasteiger partial charge on any atom is 0.0693 e. The fraction of sp³-hybridized carbons (Fsp3) is 1.00. The van der Waals surface area contributed by atoms with E-state index in [-0.39, 0.29) is 6.10 Å². The zero-order chi connectivity index (χ0) is 9.97. The van der Waals surface area contributed by atoms with Crippen molar-refractivity contribution in [3.8, 4) is 0 Å². The molecule has 0 saturated heterocycles. The predicted molar refractivity (Wildman–Crippen MR) is 57.0 cm³/mol. The molecule has 3 nitrogen and oxygen atoms in total. The standard InChI is InChI=1S/C11H22N2O/c12-8-6-9(7-8)13-10-4-2-1-3-5-11(10)14/h8-11,13-14H,1-7,12H2. The highest BCUT2D eigenvalue weighted by Gasteiger charge is 2.30. The van der Waals surface area contributed by atoms with Crippen molar-refractivity contribution in [2.75, 3.05) is 0 Å². The molecule has 2 aliphatic carbocycles. The summed E-state index contributed by atoms with van der Waals surface area (Å²) in [4.78, 5) is 0. The third kappa shape index (κ3) is 2.47. The predicted octanol–water partition coefficient (Wildman–Crippen LogP) is 0.759. The van der Waals surface area contributed by atoms with E-state index in [4.69, 9.17) is 5.73 Å². The highest BCUT2D eigenvalue weighted by atomic mass is 16.3. The van der Waals surface area contributed by atoms with Crippen LogP contribution in [0.15, 0.2) is 0 Å². The van der Waals surface area contributed by atoms with Crippen LogP contribution < -0.4 is 11.1 Å². The summed E-state index contributed by atoms with van der Waals surface area (Å²) in [6.07, 6.45) is 7.86. The zero-order valence-corrected chi connectivity index (χ0v) is 8.78. The summed E-state index contributed by atoms with van der Waals surface area (Å²) < 4.78 is 0. The van der Waals surface area contributed by atoms with Crippen LogP contribution in [0.4, 0.5) is 0 Å². The number of nitrogens with two attached hydrogens (primary N) is 1. The molecule has 14 heavy (non-hydrogen) atoms. The Morgan fingerprint density at radius 3 is 2.50 bits per heavy atom. The van der Waals surface area contributed by atoms with Gasteiger partial charge in [-0.1, -0.05) is 19.3 Å². The lowest BCUT2D eigenvalue weighted by Crippen LogP contribution is -2.54. The molecule has 0 radical (unpaired) electrons. The molecule has 2 fully saturated rings. The van der Waals surface area contributed by atoms with Gasteiger partial charge in [-0.2, -0.15) is 0 Å². The van der Waals surface area contributed by atoms with E-state index in [1.807, 2.05) is 0 Å². The minimum atomic E-state index is -0.130. The Bertz CT molecular complexity index is 180. The van der Waals surface area contributed by atoms with Crippen LogP contribution in [0, 0.1) is 0 Å². The highest BCUT2D eigenvalue weighted by Crippen LogP contribution is 2.23. The number of nitrogens with one attached hydrogen (secondary N) is 1. The molecule has 0 aromatic carbocycles. The quantitative estimate of drug-likeness (QED) is 0.574. The molecule has 2 saturated carbocycles. The van der Waals surface area contributed by atoms with E-state index in [2.05, 4.69) is 5.32 Å². The van der Waals surface area contributed by atoms with Crippen molar-refractivity contribution in [3.05, 3.63) is 0 Å². The molecule has 0 amide bonds. The van der Waals surface area contributed by atoms with Gasteiger partial charge in [0.25, 0.3) is 0 Å². The largest absolute Gasteiger partial charge is 0.392 e. The van der Waals surface area contributed by atoms with Gasteiger partial charge in [0.05, 0.1) is 6.10 Å². The van der Waals surface area contributed by atoms with Crippen molar-refractivity contribution in [1.82, 2.24) is 5.32 Å². The Kier molecular flexibility index (Phi) is 3.42. The lowest BCUT2D eigenvalue weighted by molar-refractivity contribution is 0.102. The number of hydrogen-bond donors (Lipinski definition) is 3. The summed E-state index contributed by atoms with van der Waals surface area (Å²) in [7, 11) is 0. The first-order chi connectivity index (χ1) is 6.75. The van der Waals surface area contributed by atoms with Gasteiger partial charge in [0.15, 0.2) is 0 Å². The van der Waals surface area contributed by atoms with E-state index in [9.17, 15) is 5.11 Å². The first-order valence-electron chi connectivity index (χ1n) is 5.95. The highest BCUT2D eigenvalue weighted by molar-refractivity contribution is 4.91. The summed E-state index contributed by atoms with van der Waals surface area (Å²) in [6, 6.07) is 1.30. The molecule has 0 heterocycles. The minimum absolute atomic E-state index is 0.130. The van der Waals surface area contributed by atoms with Crippen molar-refractivity contribution in [3.63, 3.8) is 0 Å². The maximum absolute atomic E-state index is 9.89. The van der Waals surface area contributed by atoms with Crippen molar-refractivity contribution >= 4 is 0 Å². The SMILES string of the molecule is NC1CC(NC2CCCCCC2O)C1. The van der Waals surface area contributed by atoms with Crippen LogP contribution in [0.5, 0.6) is 0 Å². The van der Waals surface area contributed by atoms with E-state index in [0.29, 0.717) is 18.1 Å². The summed E-state index contributed by atoms with van der Waals surface area (Å²) >= 11 is 0. The minimum Gasteiger partial charge on any atom is -0.392 e. The summed E-state index contributed by atoms with van der Waals surface area (Å²) in [6.45, 7) is 0. The second-order valence-electron chi connectivity index (χ2n) is 4.91. The van der Waals surface area contributed by atoms with E-state index in [0.717, 1.165) is 25.7 Å². The molecule has 2 rings (SSSR count). The Morgan fingerprint density at radius 2 is 1.79 bits per heavy atom. The van der Waals surface area contributed by atoms with Crippen molar-refractivity contribution in [2.45, 2.75) is 69.2 Å². The van der Waals surface area contributed by atoms with Crippen molar-refractivity contribution in [1.29, 1.82) is 0 Å². The number of rotatable bonds is 2. The van der Waals surface area contributed by atoms with Crippen LogP contribution in [0.25, 0.3) is 0 Å². The third-order valence-corrected chi connectivity index (χ3v) is 3.60. The molecular weight excluding hydrogens is 176 g/mol. The lowest BCUT2D eigenvalue weighted by Gasteiger charge is -2.37. The van der Waals surface area contributed by atoms with Crippen LogP contribution >= 0.6 is 0 Å². The molecule has 2 unspecified atom stereocenters. The van der Waals surface area contributed by atoms with E-state index < -0.39 is 0 Å². The first-order valence-corrected chi connectivity index (χ1v) is 5.95. The molecule has 0 bridgehead atoms. The molecule has 0 spiro atoms. The van der Waals surface area contributed by atoms with Crippen molar-refractivity contribution < 1.29 is 5.11 Å². The molecule has 82 valence electrons. The van der Waals surface area contributed by atoms with Gasteiger partial charge in [0, 0.05) is 18.1 Å². The lowest BCUT2D eigenvalue weighted by atomic mass is 9.86. The van der Waals surface area contributed by atoms with E-state index in [1.165, 1.54) is 19.3 Å². The summed E-state index contributed by atoms with van der Waals surface area (Å²) in [5.74, 6) is 0. The zero-order valence-electron chi connectivity index (χ0n) is 8.78. The van der Waals surface area contributed by atoms with Crippen LogP contribution in [0.3, 0.4) is 0 Å². The normalized spacial score (nSPS) is 44.1. The van der Waals surface area contributed by atoms with Crippen LogP contribution in [-0.4, -0.2) is 29.3 Å². The molecule has 2 atom stereocenters. The van der Waals surface area contributed by atoms with Crippen molar-refractivity contribution in [2.24, 2.45) is 5.73 Å². The smallest absolute Gasteiger partial charge is 0.0693 e. The van der Waals surface area contributed by atoms with Gasteiger partial charge < -0.3 is 16.2 Å². The topological polar surface area (TPSA) is 58.3 Å². The van der Waals surface area contributed by atoms with Gasteiger partial charge in [-0.15, -0.1) is 0 Å². The fourth-order valence-electron chi connectivity index (χ4n) is 2.58. The molecule has 3 heteroatoms. The van der Waals surface area contributed by atoms with Gasteiger partial charge in [-0.05, 0) is 25.7 Å². The second-order valence-corrected chi connectivity index (χ2v) is 4.91. The monoisotopic (exact) mass is 198 g/mol. The van der Waals surface area contributed by atoms with Gasteiger partial charge in [0.1, 0.15) is 0 Å². The Labute approximate surface area is 86.1 Å². The molecule has 0 aliphatic heterocycles. The Morgan fingerprint density at radius 1 is 1.07 bits per heavy atom. The summed E-state index contributed by atoms with van der Waals surface area (Å²) in [5, 5.41) is 13.4. The van der Waals surface area contributed by atoms with Gasteiger partial charge in [0.2, 0.25) is 0 Å². The second kappa shape index (κ2) is 4.60. The molecule has 0 aromatic rings. The third-order valence-electron chi connectivity index (χ3n) is 3.60. The molecule has 4 N–H and O–H groups in total. The van der Waals surface area contributed by atoms with Gasteiger partial charge in [-0.3, -0.25) is 0 Å². The van der Waals surface area contributed by atoms with Gasteiger partial charge >= 0.3 is 0 Å². The molecule has 0 aromatic heterocycles. The maximum atomic E-state index is 9.89. The summed E-state index contributed by atoms with van der Waals surface area (Å²) in [5.41, 5.74) is 5.74. The first kappa shape index (κ1) is 10.4. The number of aliphatic hydroxyl groups is 1. The van der Waals surface area contributed by atoms with Crippen LogP contribution in [0.1, 0.15) is 44.9 Å². The molecule has 2 aliphatic rings. The fourth-order valence-corrected chi connectivity index (χ4v) is 2.58. The number of aliphatic hydroxyl groups excluding tert-OH is 1. The Balaban J connectivity index is 1.77. The van der Waals surface area contributed by atoms with Gasteiger partial charge in [-0.25, -0.2) is 0 Å². The van der Waals surface area contributed by atoms with E-state index in [1.54, 1.807) is 0 Å². The molecular formula is C11H22N2O. The average molecular weight is 198 g/mol.